The number of hydrogen-bond donors (Lipinski definition) is 1. The summed E-state index contributed by atoms with van der Waals surface area (Å²) in [7, 11) is 0. The molecular formula is C16H17N. The van der Waals surface area contributed by atoms with Gasteiger partial charge in [-0.25, -0.2) is 0 Å². The first kappa shape index (κ1) is 10.4. The van der Waals surface area contributed by atoms with Crippen molar-refractivity contribution in [3.63, 3.8) is 0 Å². The van der Waals surface area contributed by atoms with Crippen molar-refractivity contribution in [2.75, 3.05) is 0 Å². The van der Waals surface area contributed by atoms with Crippen LogP contribution in [0.5, 0.6) is 0 Å². The second-order valence-corrected chi connectivity index (χ2v) is 5.05. The lowest BCUT2D eigenvalue weighted by Gasteiger charge is -2.39. The summed E-state index contributed by atoms with van der Waals surface area (Å²) < 4.78 is 0. The average molecular weight is 223 g/mol. The zero-order valence-corrected chi connectivity index (χ0v) is 10.3. The van der Waals surface area contributed by atoms with Gasteiger partial charge in [-0.3, -0.25) is 0 Å². The van der Waals surface area contributed by atoms with Crippen molar-refractivity contribution < 1.29 is 0 Å². The summed E-state index contributed by atoms with van der Waals surface area (Å²) in [5.41, 5.74) is 4.12. The molecule has 1 N–H and O–H groups in total. The molecule has 0 amide bonds. The van der Waals surface area contributed by atoms with Crippen LogP contribution in [0.1, 0.15) is 30.9 Å². The molecule has 1 aliphatic heterocycles. The Morgan fingerprint density at radius 3 is 2.88 bits per heavy atom. The molecule has 3 rings (SSSR count). The predicted octanol–water partition coefficient (Wildman–Crippen LogP) is 3.62. The Balaban J connectivity index is 2.25. The number of fused-ring (bicyclic) bond motifs is 3. The second kappa shape index (κ2) is 3.63. The van der Waals surface area contributed by atoms with E-state index in [2.05, 4.69) is 67.7 Å². The van der Waals surface area contributed by atoms with Crippen LogP contribution in [0, 0.1) is 0 Å². The minimum Gasteiger partial charge on any atom is -0.382 e. The van der Waals surface area contributed by atoms with E-state index < -0.39 is 0 Å². The van der Waals surface area contributed by atoms with E-state index in [-0.39, 0.29) is 5.54 Å². The Morgan fingerprint density at radius 2 is 2.00 bits per heavy atom. The summed E-state index contributed by atoms with van der Waals surface area (Å²) in [4.78, 5) is 0. The molecule has 1 aromatic carbocycles. The van der Waals surface area contributed by atoms with Crippen molar-refractivity contribution in [3.05, 3.63) is 65.9 Å². The summed E-state index contributed by atoms with van der Waals surface area (Å²) in [6, 6.07) is 8.70. The van der Waals surface area contributed by atoms with Crippen LogP contribution in [-0.2, 0) is 0 Å². The van der Waals surface area contributed by atoms with Crippen molar-refractivity contribution in [3.8, 4) is 0 Å². The predicted molar refractivity (Wildman–Crippen MR) is 72.7 cm³/mol. The molecule has 0 fully saturated rings. The highest BCUT2D eigenvalue weighted by Gasteiger charge is 2.34. The van der Waals surface area contributed by atoms with Crippen LogP contribution in [0.3, 0.4) is 0 Å². The molecule has 2 aliphatic rings. The van der Waals surface area contributed by atoms with Crippen LogP contribution in [0.15, 0.2) is 54.8 Å². The molecule has 0 saturated heterocycles. The number of allylic oxidation sites excluding steroid dienone is 4. The van der Waals surface area contributed by atoms with E-state index >= 15 is 0 Å². The van der Waals surface area contributed by atoms with Gasteiger partial charge in [0.2, 0.25) is 0 Å². The zero-order valence-electron chi connectivity index (χ0n) is 10.3. The van der Waals surface area contributed by atoms with Crippen LogP contribution in [0.25, 0.3) is 5.57 Å². The van der Waals surface area contributed by atoms with Crippen molar-refractivity contribution in [1.29, 1.82) is 0 Å². The molecular weight excluding hydrogens is 206 g/mol. The maximum Gasteiger partial charge on any atom is 0.0597 e. The minimum absolute atomic E-state index is 0.00491. The minimum atomic E-state index is 0.00491. The maximum absolute atomic E-state index is 3.51. The number of hydrogen-bond acceptors (Lipinski definition) is 1. The van der Waals surface area contributed by atoms with E-state index in [1.807, 2.05) is 6.20 Å². The molecule has 0 radical (unpaired) electrons. The molecule has 1 nitrogen and oxygen atoms in total. The Morgan fingerprint density at radius 1 is 1.18 bits per heavy atom. The Bertz CT molecular complexity index is 536. The molecule has 1 aromatic rings. The summed E-state index contributed by atoms with van der Waals surface area (Å²) in [5, 5.41) is 3.51. The molecule has 0 saturated carbocycles. The second-order valence-electron chi connectivity index (χ2n) is 5.05. The van der Waals surface area contributed by atoms with Gasteiger partial charge < -0.3 is 5.32 Å². The molecule has 17 heavy (non-hydrogen) atoms. The molecule has 1 heteroatoms. The SMILES string of the molecule is CC1c2ccccc2C2=CC1(C)N/C=C\C=C2. The largest absolute Gasteiger partial charge is 0.382 e. The van der Waals surface area contributed by atoms with Crippen molar-refractivity contribution in [2.45, 2.75) is 25.3 Å². The van der Waals surface area contributed by atoms with Crippen LogP contribution < -0.4 is 5.32 Å². The fraction of sp³-hybridized carbons (Fsp3) is 0.250. The van der Waals surface area contributed by atoms with E-state index in [1.54, 1.807) is 0 Å². The molecule has 1 heterocycles. The van der Waals surface area contributed by atoms with E-state index in [9.17, 15) is 0 Å². The smallest absolute Gasteiger partial charge is 0.0597 e. The highest BCUT2D eigenvalue weighted by atomic mass is 14.9. The molecule has 0 aromatic heterocycles. The number of rotatable bonds is 0. The topological polar surface area (TPSA) is 12.0 Å². The lowest BCUT2D eigenvalue weighted by atomic mass is 9.72. The molecule has 86 valence electrons. The van der Waals surface area contributed by atoms with Crippen molar-refractivity contribution in [2.24, 2.45) is 0 Å². The maximum atomic E-state index is 3.51. The van der Waals surface area contributed by atoms with Gasteiger partial charge in [-0.15, -0.1) is 0 Å². The monoisotopic (exact) mass is 223 g/mol. The first-order chi connectivity index (χ1) is 8.21. The summed E-state index contributed by atoms with van der Waals surface area (Å²) in [6.45, 7) is 4.55. The van der Waals surface area contributed by atoms with Crippen LogP contribution in [0.4, 0.5) is 0 Å². The van der Waals surface area contributed by atoms with Gasteiger partial charge in [-0.1, -0.05) is 49.4 Å². The summed E-state index contributed by atoms with van der Waals surface area (Å²) in [5.74, 6) is 0.471. The van der Waals surface area contributed by atoms with E-state index in [1.165, 1.54) is 16.7 Å². The fourth-order valence-electron chi connectivity index (χ4n) is 2.73. The quantitative estimate of drug-likeness (QED) is 0.708. The number of nitrogens with one attached hydrogen (secondary N) is 1. The van der Waals surface area contributed by atoms with Gasteiger partial charge in [0.1, 0.15) is 0 Å². The van der Waals surface area contributed by atoms with Gasteiger partial charge in [0.05, 0.1) is 5.54 Å². The van der Waals surface area contributed by atoms with Crippen LogP contribution in [-0.4, -0.2) is 5.54 Å². The Kier molecular flexibility index (Phi) is 2.22. The van der Waals surface area contributed by atoms with Crippen LogP contribution >= 0.6 is 0 Å². The summed E-state index contributed by atoms with van der Waals surface area (Å²) in [6.07, 6.45) is 10.7. The third-order valence-electron chi connectivity index (χ3n) is 3.97. The normalized spacial score (nSPS) is 31.6. The van der Waals surface area contributed by atoms with Gasteiger partial charge >= 0.3 is 0 Å². The first-order valence-electron chi connectivity index (χ1n) is 6.14. The molecule has 2 bridgehead atoms. The van der Waals surface area contributed by atoms with Crippen molar-refractivity contribution >= 4 is 5.57 Å². The standard InChI is InChI=1S/C16H17N/c1-12-14-8-3-4-9-15(14)13-7-5-6-10-17-16(12,2)11-13/h3-12,17H,1-2H3/b7-5?,10-6-. The Labute approximate surface area is 103 Å². The zero-order chi connectivity index (χ0) is 11.9. The average Bonchev–Trinajstić information content (AvgIpc) is 2.32. The van der Waals surface area contributed by atoms with Gasteiger partial charge in [-0.2, -0.15) is 0 Å². The molecule has 2 unspecified atom stereocenters. The van der Waals surface area contributed by atoms with E-state index in [0.29, 0.717) is 5.92 Å². The molecule has 2 atom stereocenters. The lowest BCUT2D eigenvalue weighted by Crippen LogP contribution is -2.44. The fourth-order valence-corrected chi connectivity index (χ4v) is 2.73. The number of benzene rings is 1. The van der Waals surface area contributed by atoms with Gasteiger partial charge in [0.15, 0.2) is 0 Å². The summed E-state index contributed by atoms with van der Waals surface area (Å²) >= 11 is 0. The van der Waals surface area contributed by atoms with Gasteiger partial charge in [-0.05, 0) is 35.9 Å². The van der Waals surface area contributed by atoms with Gasteiger partial charge in [0.25, 0.3) is 0 Å². The lowest BCUT2D eigenvalue weighted by molar-refractivity contribution is 0.419. The van der Waals surface area contributed by atoms with Crippen molar-refractivity contribution in [1.82, 2.24) is 5.32 Å². The molecule has 1 aliphatic carbocycles. The highest BCUT2D eigenvalue weighted by Crippen LogP contribution is 2.41. The Hall–Kier alpha value is -1.76. The highest BCUT2D eigenvalue weighted by molar-refractivity contribution is 5.80. The molecule has 0 spiro atoms. The van der Waals surface area contributed by atoms with Crippen LogP contribution in [0.2, 0.25) is 0 Å². The third-order valence-corrected chi connectivity index (χ3v) is 3.97. The first-order valence-corrected chi connectivity index (χ1v) is 6.14. The van der Waals surface area contributed by atoms with E-state index in [0.717, 1.165) is 0 Å². The third kappa shape index (κ3) is 1.54. The van der Waals surface area contributed by atoms with E-state index in [4.69, 9.17) is 0 Å². The van der Waals surface area contributed by atoms with Gasteiger partial charge in [0, 0.05) is 5.92 Å².